The minimum Gasteiger partial charge on any atom is -0.481 e. The standard InChI is InChI=1S/C14H25NO3/c1-11(10-12-6-4-3-5-7-12)14(18)15(2)9-8-13(16)17/h11-12H,3-10H2,1-2H3,(H,16,17). The molecule has 1 saturated carbocycles. The van der Waals surface area contributed by atoms with Gasteiger partial charge in [-0.15, -0.1) is 0 Å². The molecule has 4 heteroatoms. The third kappa shape index (κ3) is 5.07. The van der Waals surface area contributed by atoms with Crippen LogP contribution in [0.25, 0.3) is 0 Å². The van der Waals surface area contributed by atoms with E-state index >= 15 is 0 Å². The Kier molecular flexibility index (Phi) is 6.16. The molecule has 4 nitrogen and oxygen atoms in total. The van der Waals surface area contributed by atoms with Crippen molar-refractivity contribution in [2.45, 2.75) is 51.9 Å². The van der Waals surface area contributed by atoms with Crippen LogP contribution in [0.2, 0.25) is 0 Å². The smallest absolute Gasteiger partial charge is 0.305 e. The van der Waals surface area contributed by atoms with Crippen LogP contribution in [-0.2, 0) is 9.59 Å². The zero-order chi connectivity index (χ0) is 13.5. The first-order chi connectivity index (χ1) is 8.50. The molecule has 1 unspecified atom stereocenters. The highest BCUT2D eigenvalue weighted by Crippen LogP contribution is 2.29. The van der Waals surface area contributed by atoms with Gasteiger partial charge in [-0.25, -0.2) is 0 Å². The molecule has 0 heterocycles. The molecule has 18 heavy (non-hydrogen) atoms. The number of nitrogens with zero attached hydrogens (tertiary/aromatic N) is 1. The lowest BCUT2D eigenvalue weighted by Gasteiger charge is -2.26. The van der Waals surface area contributed by atoms with Gasteiger partial charge in [-0.2, -0.15) is 0 Å². The Bertz CT molecular complexity index is 285. The molecule has 0 saturated heterocycles. The molecule has 0 aromatic carbocycles. The fraction of sp³-hybridized carbons (Fsp3) is 0.857. The molecule has 1 amide bonds. The minimum atomic E-state index is -0.852. The van der Waals surface area contributed by atoms with Crippen LogP contribution in [0.15, 0.2) is 0 Å². The van der Waals surface area contributed by atoms with Crippen molar-refractivity contribution in [1.82, 2.24) is 4.90 Å². The number of carbonyl (C=O) groups is 2. The monoisotopic (exact) mass is 255 g/mol. The quantitative estimate of drug-likeness (QED) is 0.793. The number of hydrogen-bond donors (Lipinski definition) is 1. The SMILES string of the molecule is CC(CC1CCCCC1)C(=O)N(C)CCC(=O)O. The lowest BCUT2D eigenvalue weighted by molar-refractivity contribution is -0.139. The van der Waals surface area contributed by atoms with Crippen molar-refractivity contribution in [2.24, 2.45) is 11.8 Å². The first-order valence-corrected chi connectivity index (χ1v) is 6.97. The maximum Gasteiger partial charge on any atom is 0.305 e. The van der Waals surface area contributed by atoms with E-state index in [9.17, 15) is 9.59 Å². The Morgan fingerprint density at radius 2 is 1.89 bits per heavy atom. The van der Waals surface area contributed by atoms with E-state index in [-0.39, 0.29) is 18.2 Å². The molecule has 1 rings (SSSR count). The van der Waals surface area contributed by atoms with Gasteiger partial charge in [0.15, 0.2) is 0 Å². The van der Waals surface area contributed by atoms with E-state index < -0.39 is 5.97 Å². The van der Waals surface area contributed by atoms with Gasteiger partial charge in [0.05, 0.1) is 6.42 Å². The second kappa shape index (κ2) is 7.39. The highest BCUT2D eigenvalue weighted by molar-refractivity contribution is 5.78. The van der Waals surface area contributed by atoms with Crippen molar-refractivity contribution in [3.05, 3.63) is 0 Å². The fourth-order valence-electron chi connectivity index (χ4n) is 2.77. The van der Waals surface area contributed by atoms with Crippen LogP contribution >= 0.6 is 0 Å². The van der Waals surface area contributed by atoms with Gasteiger partial charge in [0.2, 0.25) is 5.91 Å². The van der Waals surface area contributed by atoms with Gasteiger partial charge in [-0.3, -0.25) is 9.59 Å². The molecule has 1 fully saturated rings. The number of amides is 1. The summed E-state index contributed by atoms with van der Waals surface area (Å²) in [6.45, 7) is 2.28. The summed E-state index contributed by atoms with van der Waals surface area (Å²) in [6, 6.07) is 0. The summed E-state index contributed by atoms with van der Waals surface area (Å²) in [5.41, 5.74) is 0. The molecule has 1 atom stereocenters. The topological polar surface area (TPSA) is 57.6 Å². The predicted molar refractivity (Wildman–Crippen MR) is 70.2 cm³/mol. The number of aliphatic carboxylic acids is 1. The fourth-order valence-corrected chi connectivity index (χ4v) is 2.77. The lowest BCUT2D eigenvalue weighted by Crippen LogP contribution is -2.34. The first kappa shape index (κ1) is 15.0. The predicted octanol–water partition coefficient (Wildman–Crippen LogP) is 2.53. The third-order valence-electron chi connectivity index (χ3n) is 3.87. The summed E-state index contributed by atoms with van der Waals surface area (Å²) in [7, 11) is 1.70. The lowest BCUT2D eigenvalue weighted by atomic mass is 9.83. The molecule has 0 spiro atoms. The molecule has 1 aliphatic rings. The zero-order valence-electron chi connectivity index (χ0n) is 11.5. The van der Waals surface area contributed by atoms with Crippen molar-refractivity contribution >= 4 is 11.9 Å². The second-order valence-electron chi connectivity index (χ2n) is 5.54. The van der Waals surface area contributed by atoms with Crippen molar-refractivity contribution in [1.29, 1.82) is 0 Å². The number of hydrogen-bond acceptors (Lipinski definition) is 2. The normalized spacial score (nSPS) is 18.3. The molecule has 104 valence electrons. The molecular weight excluding hydrogens is 230 g/mol. The highest BCUT2D eigenvalue weighted by Gasteiger charge is 2.23. The van der Waals surface area contributed by atoms with Crippen molar-refractivity contribution < 1.29 is 14.7 Å². The average molecular weight is 255 g/mol. The van der Waals surface area contributed by atoms with Gasteiger partial charge >= 0.3 is 5.97 Å². The Hall–Kier alpha value is -1.06. The van der Waals surface area contributed by atoms with Gasteiger partial charge in [0.25, 0.3) is 0 Å². The van der Waals surface area contributed by atoms with E-state index in [1.165, 1.54) is 32.1 Å². The van der Waals surface area contributed by atoms with E-state index in [4.69, 9.17) is 5.11 Å². The molecule has 0 aromatic heterocycles. The van der Waals surface area contributed by atoms with Crippen LogP contribution < -0.4 is 0 Å². The molecule has 0 radical (unpaired) electrons. The van der Waals surface area contributed by atoms with Gasteiger partial charge in [-0.05, 0) is 12.3 Å². The summed E-state index contributed by atoms with van der Waals surface area (Å²) in [4.78, 5) is 24.1. The van der Waals surface area contributed by atoms with Crippen molar-refractivity contribution in [3.63, 3.8) is 0 Å². The largest absolute Gasteiger partial charge is 0.481 e. The zero-order valence-corrected chi connectivity index (χ0v) is 11.5. The van der Waals surface area contributed by atoms with Crippen molar-refractivity contribution in [3.8, 4) is 0 Å². The van der Waals surface area contributed by atoms with E-state index in [0.29, 0.717) is 12.5 Å². The maximum atomic E-state index is 12.1. The van der Waals surface area contributed by atoms with Gasteiger partial charge in [-0.1, -0.05) is 39.0 Å². The Morgan fingerprint density at radius 3 is 2.44 bits per heavy atom. The summed E-state index contributed by atoms with van der Waals surface area (Å²) in [5, 5.41) is 8.61. The molecule has 0 aromatic rings. The highest BCUT2D eigenvalue weighted by atomic mass is 16.4. The Morgan fingerprint density at radius 1 is 1.28 bits per heavy atom. The van der Waals surface area contributed by atoms with E-state index in [1.54, 1.807) is 11.9 Å². The van der Waals surface area contributed by atoms with Gasteiger partial charge in [0, 0.05) is 19.5 Å². The van der Waals surface area contributed by atoms with Gasteiger partial charge < -0.3 is 10.0 Å². The van der Waals surface area contributed by atoms with E-state index in [1.807, 2.05) is 6.92 Å². The number of carboxylic acid groups (broad SMARTS) is 1. The summed E-state index contributed by atoms with van der Waals surface area (Å²) < 4.78 is 0. The average Bonchev–Trinajstić information content (AvgIpc) is 2.36. The minimum absolute atomic E-state index is 0.0203. The molecule has 1 N–H and O–H groups in total. The first-order valence-electron chi connectivity index (χ1n) is 6.97. The second-order valence-corrected chi connectivity index (χ2v) is 5.54. The van der Waals surface area contributed by atoms with Crippen LogP contribution in [0, 0.1) is 11.8 Å². The van der Waals surface area contributed by atoms with Crippen LogP contribution in [0.4, 0.5) is 0 Å². The van der Waals surface area contributed by atoms with Crippen LogP contribution in [0.3, 0.4) is 0 Å². The number of rotatable bonds is 6. The molecule has 1 aliphatic carbocycles. The van der Waals surface area contributed by atoms with E-state index in [2.05, 4.69) is 0 Å². The maximum absolute atomic E-state index is 12.1. The molecular formula is C14H25NO3. The Balaban J connectivity index is 2.32. The van der Waals surface area contributed by atoms with Crippen LogP contribution in [-0.4, -0.2) is 35.5 Å². The van der Waals surface area contributed by atoms with Crippen molar-refractivity contribution in [2.75, 3.05) is 13.6 Å². The third-order valence-corrected chi connectivity index (χ3v) is 3.87. The number of carboxylic acids is 1. The van der Waals surface area contributed by atoms with E-state index in [0.717, 1.165) is 6.42 Å². The Labute approximate surface area is 109 Å². The molecule has 0 bridgehead atoms. The number of carbonyl (C=O) groups excluding carboxylic acids is 1. The van der Waals surface area contributed by atoms with Gasteiger partial charge in [0.1, 0.15) is 0 Å². The van der Waals surface area contributed by atoms with Crippen LogP contribution in [0.1, 0.15) is 51.9 Å². The summed E-state index contributed by atoms with van der Waals surface area (Å²) in [6.07, 6.45) is 7.39. The van der Waals surface area contributed by atoms with Crippen LogP contribution in [0.5, 0.6) is 0 Å². The molecule has 0 aliphatic heterocycles. The summed E-state index contributed by atoms with van der Waals surface area (Å²) >= 11 is 0. The summed E-state index contributed by atoms with van der Waals surface area (Å²) in [5.74, 6) is -0.0612.